The highest BCUT2D eigenvalue weighted by Gasteiger charge is 2.28. The number of hydrogen-bond donors (Lipinski definition) is 0. The van der Waals surface area contributed by atoms with Crippen LogP contribution >= 0.6 is 35.2 Å². The van der Waals surface area contributed by atoms with Crippen LogP contribution in [-0.4, -0.2) is 32.7 Å². The van der Waals surface area contributed by atoms with E-state index in [9.17, 15) is 8.42 Å². The van der Waals surface area contributed by atoms with Crippen molar-refractivity contribution in [1.29, 1.82) is 0 Å². The minimum atomic E-state index is -4.01. The molecule has 1 aromatic rings. The normalized spacial score (nSPS) is 15.1. The summed E-state index contributed by atoms with van der Waals surface area (Å²) in [6.45, 7) is 0.590. The molecule has 1 aromatic heterocycles. The van der Waals surface area contributed by atoms with E-state index in [4.69, 9.17) is 21.2 Å². The van der Waals surface area contributed by atoms with Crippen LogP contribution in [0.25, 0.3) is 0 Å². The Kier molecular flexibility index (Phi) is 3.98. The lowest BCUT2D eigenvalue weighted by atomic mass is 10.4. The molecule has 2 rings (SSSR count). The van der Waals surface area contributed by atoms with Gasteiger partial charge in [0, 0.05) is 5.38 Å². The van der Waals surface area contributed by atoms with Gasteiger partial charge in [0.15, 0.2) is 6.61 Å². The van der Waals surface area contributed by atoms with Gasteiger partial charge in [-0.25, -0.2) is 0 Å². The summed E-state index contributed by atoms with van der Waals surface area (Å²) < 4.78 is 32.0. The predicted octanol–water partition coefficient (Wildman–Crippen LogP) is 1.90. The molecule has 96 valence electrons. The minimum absolute atomic E-state index is 0.0286. The molecular formula is C8H5ClN2O4S3. The van der Waals surface area contributed by atoms with Gasteiger partial charge in [0.1, 0.15) is 16.4 Å². The molecular weight excluding hydrogens is 320 g/mol. The van der Waals surface area contributed by atoms with Crippen LogP contribution in [0.4, 0.5) is 0 Å². The number of thiophene rings is 1. The SMILES string of the molecule is O=S(=O)(N=C=S)c1c(Cl)csc1C1=NOCCO1. The Morgan fingerprint density at radius 3 is 2.94 bits per heavy atom. The van der Waals surface area contributed by atoms with Gasteiger partial charge in [-0.1, -0.05) is 11.6 Å². The van der Waals surface area contributed by atoms with Crippen molar-refractivity contribution in [2.75, 3.05) is 13.2 Å². The first-order valence-corrected chi connectivity index (χ1v) is 7.61. The molecule has 0 radical (unpaired) electrons. The van der Waals surface area contributed by atoms with Crippen LogP contribution < -0.4 is 0 Å². The maximum Gasteiger partial charge on any atom is 0.293 e. The number of halogens is 1. The number of rotatable bonds is 3. The molecule has 0 spiro atoms. The van der Waals surface area contributed by atoms with E-state index >= 15 is 0 Å². The molecule has 1 aliphatic rings. The molecule has 6 nitrogen and oxygen atoms in total. The smallest absolute Gasteiger partial charge is 0.293 e. The molecule has 0 fully saturated rings. The second-order valence-corrected chi connectivity index (χ2v) is 5.99. The molecule has 0 amide bonds. The summed E-state index contributed by atoms with van der Waals surface area (Å²) in [7, 11) is -4.01. The molecule has 0 aliphatic carbocycles. The Labute approximate surface area is 117 Å². The van der Waals surface area contributed by atoms with Gasteiger partial charge in [-0.05, 0) is 17.4 Å². The largest absolute Gasteiger partial charge is 0.471 e. The van der Waals surface area contributed by atoms with Crippen LogP contribution in [0.15, 0.2) is 19.8 Å². The molecule has 0 saturated carbocycles. The van der Waals surface area contributed by atoms with Crippen LogP contribution in [0.3, 0.4) is 0 Å². The predicted molar refractivity (Wildman–Crippen MR) is 70.0 cm³/mol. The van der Waals surface area contributed by atoms with Gasteiger partial charge in [0.25, 0.3) is 15.9 Å². The zero-order chi connectivity index (χ0) is 13.2. The van der Waals surface area contributed by atoms with Crippen molar-refractivity contribution in [2.45, 2.75) is 4.90 Å². The molecule has 0 saturated heterocycles. The third kappa shape index (κ3) is 2.55. The lowest BCUT2D eigenvalue weighted by molar-refractivity contribution is 0.0656. The fourth-order valence-corrected chi connectivity index (χ4v) is 4.20. The summed E-state index contributed by atoms with van der Waals surface area (Å²) in [5, 5.41) is 6.93. The van der Waals surface area contributed by atoms with E-state index in [0.29, 0.717) is 6.61 Å². The zero-order valence-electron chi connectivity index (χ0n) is 8.62. The van der Waals surface area contributed by atoms with Gasteiger partial charge in [0.05, 0.1) is 10.2 Å². The fraction of sp³-hybridized carbons (Fsp3) is 0.250. The van der Waals surface area contributed by atoms with E-state index in [-0.39, 0.29) is 27.3 Å². The number of nitrogens with zero attached hydrogens (tertiary/aromatic N) is 2. The first kappa shape index (κ1) is 13.4. The molecule has 0 bridgehead atoms. The Balaban J connectivity index is 2.58. The van der Waals surface area contributed by atoms with Crippen molar-refractivity contribution in [3.63, 3.8) is 0 Å². The van der Waals surface area contributed by atoms with E-state index in [0.717, 1.165) is 11.3 Å². The number of isothiocyanates is 1. The summed E-state index contributed by atoms with van der Waals surface area (Å²) in [5.41, 5.74) is 0. The van der Waals surface area contributed by atoms with Crippen LogP contribution in [0.5, 0.6) is 0 Å². The van der Waals surface area contributed by atoms with Gasteiger partial charge in [0.2, 0.25) is 0 Å². The average molecular weight is 325 g/mol. The van der Waals surface area contributed by atoms with Crippen molar-refractivity contribution in [3.05, 3.63) is 15.3 Å². The third-order valence-electron chi connectivity index (χ3n) is 1.87. The number of oxime groups is 1. The average Bonchev–Trinajstić information content (AvgIpc) is 2.73. The molecule has 0 N–H and O–H groups in total. The first-order chi connectivity index (χ1) is 8.56. The lowest BCUT2D eigenvalue weighted by Crippen LogP contribution is -2.17. The van der Waals surface area contributed by atoms with Gasteiger partial charge < -0.3 is 9.57 Å². The Bertz CT molecular complexity index is 645. The molecule has 0 aromatic carbocycles. The Morgan fingerprint density at radius 2 is 2.33 bits per heavy atom. The standard InChI is InChI=1S/C8H5ClN2O4S3/c9-5-3-17-6(8-11-15-2-1-14-8)7(5)18(12,13)10-4-16/h3H,1-2H2. The summed E-state index contributed by atoms with van der Waals surface area (Å²) in [4.78, 5) is 4.87. The third-order valence-corrected chi connectivity index (χ3v) is 4.99. The van der Waals surface area contributed by atoms with E-state index in [2.05, 4.69) is 21.8 Å². The molecule has 1 aliphatic heterocycles. The second kappa shape index (κ2) is 5.33. The van der Waals surface area contributed by atoms with E-state index in [1.807, 2.05) is 5.16 Å². The van der Waals surface area contributed by atoms with Crippen molar-refractivity contribution < 1.29 is 18.0 Å². The van der Waals surface area contributed by atoms with Crippen LogP contribution in [0.1, 0.15) is 4.88 Å². The summed E-state index contributed by atoms with van der Waals surface area (Å²) >= 11 is 11.2. The van der Waals surface area contributed by atoms with Gasteiger partial charge in [-0.15, -0.1) is 15.7 Å². The van der Waals surface area contributed by atoms with Crippen molar-refractivity contribution >= 4 is 56.2 Å². The van der Waals surface area contributed by atoms with E-state index in [1.165, 1.54) is 5.38 Å². The summed E-state index contributed by atoms with van der Waals surface area (Å²) in [6.07, 6.45) is 0. The zero-order valence-corrected chi connectivity index (χ0v) is 11.8. The molecule has 0 atom stereocenters. The van der Waals surface area contributed by atoms with Crippen LogP contribution in [0.2, 0.25) is 5.02 Å². The highest BCUT2D eigenvalue weighted by molar-refractivity contribution is 7.91. The number of hydrogen-bond acceptors (Lipinski definition) is 7. The summed E-state index contributed by atoms with van der Waals surface area (Å²) in [5.74, 6) is 0.0660. The van der Waals surface area contributed by atoms with Crippen LogP contribution in [0, 0.1) is 0 Å². The highest BCUT2D eigenvalue weighted by Crippen LogP contribution is 2.33. The lowest BCUT2D eigenvalue weighted by Gasteiger charge is -2.12. The van der Waals surface area contributed by atoms with Crippen LogP contribution in [-0.2, 0) is 19.6 Å². The number of thiocarbonyl (C=S) groups is 1. The topological polar surface area (TPSA) is 77.3 Å². The molecule has 18 heavy (non-hydrogen) atoms. The van der Waals surface area contributed by atoms with Gasteiger partial charge in [-0.2, -0.15) is 8.42 Å². The van der Waals surface area contributed by atoms with Crippen molar-refractivity contribution in [2.24, 2.45) is 9.55 Å². The fourth-order valence-electron chi connectivity index (χ4n) is 1.22. The van der Waals surface area contributed by atoms with E-state index in [1.54, 1.807) is 0 Å². The second-order valence-electron chi connectivity index (χ2n) is 2.98. The maximum absolute atomic E-state index is 11.9. The minimum Gasteiger partial charge on any atom is -0.471 e. The molecule has 10 heteroatoms. The first-order valence-electron chi connectivity index (χ1n) is 4.50. The quantitative estimate of drug-likeness (QED) is 0.627. The van der Waals surface area contributed by atoms with E-state index < -0.39 is 10.0 Å². The van der Waals surface area contributed by atoms with Crippen molar-refractivity contribution in [1.82, 2.24) is 0 Å². The Hall–Kier alpha value is -0.990. The highest BCUT2D eigenvalue weighted by atomic mass is 35.5. The van der Waals surface area contributed by atoms with Crippen molar-refractivity contribution in [3.8, 4) is 0 Å². The van der Waals surface area contributed by atoms with Gasteiger partial charge in [-0.3, -0.25) is 0 Å². The summed E-state index contributed by atoms with van der Waals surface area (Å²) in [6, 6.07) is 0. The Morgan fingerprint density at radius 1 is 1.56 bits per heavy atom. The number of sulfonamides is 1. The molecule has 0 unspecified atom stereocenters. The molecule has 2 heterocycles. The monoisotopic (exact) mass is 324 g/mol. The number of ether oxygens (including phenoxy) is 1. The maximum atomic E-state index is 11.9. The van der Waals surface area contributed by atoms with Gasteiger partial charge >= 0.3 is 0 Å².